The van der Waals surface area contributed by atoms with Crippen molar-refractivity contribution in [1.29, 1.82) is 0 Å². The van der Waals surface area contributed by atoms with Crippen molar-refractivity contribution in [2.45, 2.75) is 0 Å². The minimum Gasteiger partial charge on any atom is -0.310 e. The second-order valence-corrected chi connectivity index (χ2v) is 13.3. The van der Waals surface area contributed by atoms with Crippen molar-refractivity contribution in [2.24, 2.45) is 0 Å². The van der Waals surface area contributed by atoms with Crippen molar-refractivity contribution >= 4 is 70.9 Å². The fourth-order valence-corrected chi connectivity index (χ4v) is 7.93. The van der Waals surface area contributed by atoms with E-state index in [0.29, 0.717) is 0 Å². The minimum absolute atomic E-state index is 1.11. The van der Waals surface area contributed by atoms with Crippen molar-refractivity contribution in [2.75, 3.05) is 4.90 Å². The summed E-state index contributed by atoms with van der Waals surface area (Å²) in [5, 5.41) is 12.6. The smallest absolute Gasteiger partial charge is 0.0546 e. The van der Waals surface area contributed by atoms with Gasteiger partial charge in [-0.2, -0.15) is 0 Å². The summed E-state index contributed by atoms with van der Waals surface area (Å²) in [6.07, 6.45) is 0. The highest BCUT2D eigenvalue weighted by atomic mass is 15.1. The molecule has 0 N–H and O–H groups in total. The van der Waals surface area contributed by atoms with E-state index < -0.39 is 0 Å². The molecule has 0 fully saturated rings. The summed E-state index contributed by atoms with van der Waals surface area (Å²) in [5.74, 6) is 0. The highest BCUT2D eigenvalue weighted by Crippen LogP contribution is 2.44. The van der Waals surface area contributed by atoms with Gasteiger partial charge in [-0.1, -0.05) is 164 Å². The Bertz CT molecular complexity index is 2910. The maximum absolute atomic E-state index is 2.43. The van der Waals surface area contributed by atoms with Crippen LogP contribution in [0.2, 0.25) is 0 Å². The van der Waals surface area contributed by atoms with Crippen molar-refractivity contribution in [3.63, 3.8) is 0 Å². The molecular weight excluding hydrogens is 615 g/mol. The molecule has 0 aliphatic heterocycles. The third-order valence-corrected chi connectivity index (χ3v) is 10.4. The van der Waals surface area contributed by atoms with Crippen LogP contribution < -0.4 is 4.90 Å². The normalized spacial score (nSPS) is 11.5. The lowest BCUT2D eigenvalue weighted by Crippen LogP contribution is -2.10. The van der Waals surface area contributed by atoms with Gasteiger partial charge in [0, 0.05) is 16.8 Å². The second kappa shape index (κ2) is 12.0. The van der Waals surface area contributed by atoms with Gasteiger partial charge in [0.25, 0.3) is 0 Å². The minimum atomic E-state index is 1.11. The highest BCUT2D eigenvalue weighted by molar-refractivity contribution is 6.15. The number of hydrogen-bond acceptors (Lipinski definition) is 1. The Kier molecular flexibility index (Phi) is 6.89. The number of hydrogen-bond donors (Lipinski definition) is 0. The van der Waals surface area contributed by atoms with Gasteiger partial charge in [0.2, 0.25) is 0 Å². The first-order chi connectivity index (χ1) is 25.3. The standard InChI is InChI=1S/C50H33N/c1-4-17-43-35(11-1)14-10-22-45(43)38-15-9-16-42(32-38)51(50-33-39-13-3-6-19-46(39)48-20-7-8-21-49(48)50)41-28-25-34(26-29-41)37-27-30-47-40(31-37)24-23-36-12-2-5-18-44(36)47/h1-33H. The number of fused-ring (bicyclic) bond motifs is 7. The van der Waals surface area contributed by atoms with Gasteiger partial charge in [0.1, 0.15) is 0 Å². The lowest BCUT2D eigenvalue weighted by atomic mass is 9.96. The van der Waals surface area contributed by atoms with E-state index in [9.17, 15) is 0 Å². The Labute approximate surface area is 297 Å². The molecule has 1 heteroatoms. The summed E-state index contributed by atoms with van der Waals surface area (Å²) < 4.78 is 0. The molecule has 0 unspecified atom stereocenters. The van der Waals surface area contributed by atoms with Crippen LogP contribution >= 0.6 is 0 Å². The molecule has 0 aromatic heterocycles. The zero-order valence-electron chi connectivity index (χ0n) is 28.0. The third-order valence-electron chi connectivity index (χ3n) is 10.4. The van der Waals surface area contributed by atoms with Crippen LogP contribution in [0.5, 0.6) is 0 Å². The molecule has 51 heavy (non-hydrogen) atoms. The van der Waals surface area contributed by atoms with Crippen molar-refractivity contribution in [3.05, 3.63) is 200 Å². The summed E-state index contributed by atoms with van der Waals surface area (Å²) >= 11 is 0. The van der Waals surface area contributed by atoms with Gasteiger partial charge < -0.3 is 4.90 Å². The molecule has 0 radical (unpaired) electrons. The fraction of sp³-hybridized carbons (Fsp3) is 0. The lowest BCUT2D eigenvalue weighted by molar-refractivity contribution is 1.30. The van der Waals surface area contributed by atoms with Gasteiger partial charge in [0.15, 0.2) is 0 Å². The van der Waals surface area contributed by atoms with E-state index in [1.165, 1.54) is 76.1 Å². The summed E-state index contributed by atoms with van der Waals surface area (Å²) in [6.45, 7) is 0. The van der Waals surface area contributed by atoms with Gasteiger partial charge in [-0.15, -0.1) is 0 Å². The van der Waals surface area contributed by atoms with Gasteiger partial charge >= 0.3 is 0 Å². The fourth-order valence-electron chi connectivity index (χ4n) is 7.93. The average Bonchev–Trinajstić information content (AvgIpc) is 3.21. The molecule has 0 heterocycles. The Morgan fingerprint density at radius 3 is 1.61 bits per heavy atom. The topological polar surface area (TPSA) is 3.24 Å². The number of anilines is 3. The highest BCUT2D eigenvalue weighted by Gasteiger charge is 2.18. The monoisotopic (exact) mass is 647 g/mol. The van der Waals surface area contributed by atoms with E-state index in [-0.39, 0.29) is 0 Å². The number of nitrogens with zero attached hydrogens (tertiary/aromatic N) is 1. The van der Waals surface area contributed by atoms with Gasteiger partial charge in [0.05, 0.1) is 5.69 Å². The summed E-state index contributed by atoms with van der Waals surface area (Å²) in [6, 6.07) is 73.1. The van der Waals surface area contributed by atoms with Crippen LogP contribution in [0.15, 0.2) is 200 Å². The van der Waals surface area contributed by atoms with Crippen LogP contribution in [0.3, 0.4) is 0 Å². The average molecular weight is 648 g/mol. The third kappa shape index (κ3) is 5.02. The molecule has 10 aromatic carbocycles. The molecule has 0 atom stereocenters. The Hall–Kier alpha value is -6.70. The Morgan fingerprint density at radius 2 is 0.804 bits per heavy atom. The molecule has 0 spiro atoms. The van der Waals surface area contributed by atoms with Gasteiger partial charge in [-0.05, 0) is 107 Å². The largest absolute Gasteiger partial charge is 0.310 e. The first kappa shape index (κ1) is 29.2. The van der Waals surface area contributed by atoms with Gasteiger partial charge in [-0.3, -0.25) is 0 Å². The second-order valence-electron chi connectivity index (χ2n) is 13.3. The van der Waals surface area contributed by atoms with Crippen LogP contribution in [-0.4, -0.2) is 0 Å². The predicted molar refractivity (Wildman–Crippen MR) is 220 cm³/mol. The van der Waals surface area contributed by atoms with Crippen molar-refractivity contribution < 1.29 is 0 Å². The van der Waals surface area contributed by atoms with Gasteiger partial charge in [-0.25, -0.2) is 0 Å². The maximum Gasteiger partial charge on any atom is 0.0546 e. The zero-order valence-corrected chi connectivity index (χ0v) is 28.0. The van der Waals surface area contributed by atoms with Crippen LogP contribution in [0.4, 0.5) is 17.1 Å². The summed E-state index contributed by atoms with van der Waals surface area (Å²) in [4.78, 5) is 2.43. The summed E-state index contributed by atoms with van der Waals surface area (Å²) in [5.41, 5.74) is 8.22. The quantitative estimate of drug-likeness (QED) is 0.168. The molecule has 10 aromatic rings. The van der Waals surface area contributed by atoms with Crippen molar-refractivity contribution in [1.82, 2.24) is 0 Å². The van der Waals surface area contributed by atoms with E-state index >= 15 is 0 Å². The van der Waals surface area contributed by atoms with E-state index in [1.807, 2.05) is 0 Å². The van der Waals surface area contributed by atoms with Crippen LogP contribution in [0.25, 0.3) is 76.1 Å². The first-order valence-corrected chi connectivity index (χ1v) is 17.6. The molecule has 0 aliphatic carbocycles. The van der Waals surface area contributed by atoms with Crippen molar-refractivity contribution in [3.8, 4) is 22.3 Å². The van der Waals surface area contributed by atoms with E-state index in [4.69, 9.17) is 0 Å². The molecule has 0 saturated heterocycles. The van der Waals surface area contributed by atoms with Crippen LogP contribution in [0, 0.1) is 0 Å². The zero-order chi connectivity index (χ0) is 33.7. The first-order valence-electron chi connectivity index (χ1n) is 17.6. The molecular formula is C50H33N. The Morgan fingerprint density at radius 1 is 0.255 bits per heavy atom. The molecule has 10 rings (SSSR count). The molecule has 0 saturated carbocycles. The van der Waals surface area contributed by atoms with Crippen LogP contribution in [0.1, 0.15) is 0 Å². The molecule has 238 valence electrons. The maximum atomic E-state index is 2.43. The van der Waals surface area contributed by atoms with E-state index in [2.05, 4.69) is 205 Å². The Balaban J connectivity index is 1.14. The van der Waals surface area contributed by atoms with E-state index in [0.717, 1.165) is 17.1 Å². The number of rotatable bonds is 5. The molecule has 0 aliphatic rings. The predicted octanol–water partition coefficient (Wildman–Crippen LogP) is 14.3. The summed E-state index contributed by atoms with van der Waals surface area (Å²) in [7, 11) is 0. The SMILES string of the molecule is c1cc(-c2cccc3ccccc23)cc(N(c2ccc(-c3ccc4c(ccc5ccccc54)c3)cc2)c2cc3ccccc3c3ccccc23)c1. The molecule has 0 bridgehead atoms. The molecule has 0 amide bonds. The lowest BCUT2D eigenvalue weighted by Gasteiger charge is -2.28. The van der Waals surface area contributed by atoms with Crippen LogP contribution in [-0.2, 0) is 0 Å². The van der Waals surface area contributed by atoms with E-state index in [1.54, 1.807) is 0 Å². The molecule has 1 nitrogen and oxygen atoms in total. The number of benzene rings is 10.